The van der Waals surface area contributed by atoms with Crippen LogP contribution in [-0.2, 0) is 4.74 Å². The molecule has 0 bridgehead atoms. The highest BCUT2D eigenvalue weighted by molar-refractivity contribution is 7.99. The Morgan fingerprint density at radius 1 is 1.47 bits per heavy atom. The van der Waals surface area contributed by atoms with Crippen LogP contribution in [0.1, 0.15) is 19.8 Å². The lowest BCUT2D eigenvalue weighted by Gasteiger charge is -2.32. The van der Waals surface area contributed by atoms with Crippen molar-refractivity contribution in [2.75, 3.05) is 26.0 Å². The van der Waals surface area contributed by atoms with E-state index in [1.54, 1.807) is 7.11 Å². The van der Waals surface area contributed by atoms with E-state index < -0.39 is 0 Å². The molecular formula is C15H23NO2S. The minimum absolute atomic E-state index is 0.247. The van der Waals surface area contributed by atoms with E-state index in [1.807, 2.05) is 17.8 Å². The minimum Gasteiger partial charge on any atom is -0.487 e. The quantitative estimate of drug-likeness (QED) is 0.778. The highest BCUT2D eigenvalue weighted by atomic mass is 32.2. The molecule has 106 valence electrons. The molecular weight excluding hydrogens is 258 g/mol. The molecule has 0 aliphatic carbocycles. The van der Waals surface area contributed by atoms with Crippen molar-refractivity contribution in [2.45, 2.75) is 36.8 Å². The molecule has 1 N–H and O–H groups in total. The Balaban J connectivity index is 1.95. The summed E-state index contributed by atoms with van der Waals surface area (Å²) < 4.78 is 11.3. The van der Waals surface area contributed by atoms with E-state index in [4.69, 9.17) is 9.47 Å². The second kappa shape index (κ2) is 7.78. The summed E-state index contributed by atoms with van der Waals surface area (Å²) in [5, 5.41) is 3.55. The van der Waals surface area contributed by atoms with Crippen LogP contribution >= 0.6 is 11.8 Å². The fourth-order valence-corrected chi connectivity index (χ4v) is 3.44. The molecule has 1 aromatic carbocycles. The Kier molecular flexibility index (Phi) is 6.01. The van der Waals surface area contributed by atoms with Crippen LogP contribution in [0.15, 0.2) is 29.2 Å². The number of rotatable bonds is 7. The van der Waals surface area contributed by atoms with Gasteiger partial charge in [-0.25, -0.2) is 0 Å². The first kappa shape index (κ1) is 14.7. The molecule has 1 aliphatic heterocycles. The number of methoxy groups -OCH3 is 1. The van der Waals surface area contributed by atoms with Crippen LogP contribution in [0.4, 0.5) is 0 Å². The Morgan fingerprint density at radius 2 is 2.32 bits per heavy atom. The second-order valence-corrected chi connectivity index (χ2v) is 5.78. The Labute approximate surface area is 120 Å². The van der Waals surface area contributed by atoms with Crippen molar-refractivity contribution >= 4 is 11.8 Å². The van der Waals surface area contributed by atoms with Crippen LogP contribution in [0.3, 0.4) is 0 Å². The summed E-state index contributed by atoms with van der Waals surface area (Å²) in [5.41, 5.74) is 0. The summed E-state index contributed by atoms with van der Waals surface area (Å²) in [5.74, 6) is 2.04. The van der Waals surface area contributed by atoms with Gasteiger partial charge in [0.1, 0.15) is 11.9 Å². The number of para-hydroxylation sites is 1. The van der Waals surface area contributed by atoms with Crippen molar-refractivity contribution in [1.29, 1.82) is 0 Å². The smallest absolute Gasteiger partial charge is 0.133 e. The molecule has 0 saturated heterocycles. The van der Waals surface area contributed by atoms with Gasteiger partial charge in [-0.05, 0) is 31.5 Å². The average molecular weight is 281 g/mol. The van der Waals surface area contributed by atoms with Crippen molar-refractivity contribution in [1.82, 2.24) is 5.32 Å². The molecule has 1 aromatic rings. The third-order valence-electron chi connectivity index (χ3n) is 3.31. The first-order valence-electron chi connectivity index (χ1n) is 6.96. The van der Waals surface area contributed by atoms with Crippen LogP contribution in [0.25, 0.3) is 0 Å². The highest BCUT2D eigenvalue weighted by Gasteiger charge is 2.27. The molecule has 0 aromatic heterocycles. The summed E-state index contributed by atoms with van der Waals surface area (Å²) in [6, 6.07) is 8.70. The zero-order valence-corrected chi connectivity index (χ0v) is 12.5. The van der Waals surface area contributed by atoms with Crippen LogP contribution in [0, 0.1) is 0 Å². The predicted octanol–water partition coefficient (Wildman–Crippen LogP) is 2.94. The van der Waals surface area contributed by atoms with E-state index in [1.165, 1.54) is 4.90 Å². The number of nitrogens with one attached hydrogen (secondary N) is 1. The molecule has 1 aliphatic rings. The molecule has 2 unspecified atom stereocenters. The van der Waals surface area contributed by atoms with E-state index in [2.05, 4.69) is 30.4 Å². The topological polar surface area (TPSA) is 30.5 Å². The standard InChI is InChI=1S/C15H23NO2S/c1-3-16-12(7-6-10-17-2)14-11-19-15-9-5-4-8-13(15)18-14/h4-5,8-9,12,14,16H,3,6-7,10-11H2,1-2H3. The highest BCUT2D eigenvalue weighted by Crippen LogP contribution is 2.36. The molecule has 3 nitrogen and oxygen atoms in total. The number of ether oxygens (including phenoxy) is 2. The summed E-state index contributed by atoms with van der Waals surface area (Å²) in [6.07, 6.45) is 2.41. The molecule has 2 atom stereocenters. The first-order chi connectivity index (χ1) is 9.35. The SMILES string of the molecule is CCNC(CCCOC)C1CSc2ccccc2O1. The van der Waals surface area contributed by atoms with E-state index in [0.717, 1.165) is 37.5 Å². The lowest BCUT2D eigenvalue weighted by Crippen LogP contribution is -2.45. The van der Waals surface area contributed by atoms with Gasteiger partial charge in [0, 0.05) is 30.4 Å². The van der Waals surface area contributed by atoms with Crippen molar-refractivity contribution < 1.29 is 9.47 Å². The monoisotopic (exact) mass is 281 g/mol. The molecule has 4 heteroatoms. The lowest BCUT2D eigenvalue weighted by atomic mass is 10.1. The zero-order valence-electron chi connectivity index (χ0n) is 11.7. The minimum atomic E-state index is 0.247. The van der Waals surface area contributed by atoms with Gasteiger partial charge in [-0.2, -0.15) is 0 Å². The van der Waals surface area contributed by atoms with Crippen LogP contribution in [0.2, 0.25) is 0 Å². The van der Waals surface area contributed by atoms with Gasteiger partial charge in [0.25, 0.3) is 0 Å². The number of likely N-dealkylation sites (N-methyl/N-ethyl adjacent to an activating group) is 1. The van der Waals surface area contributed by atoms with Gasteiger partial charge in [-0.3, -0.25) is 0 Å². The molecule has 0 spiro atoms. The summed E-state index contributed by atoms with van der Waals surface area (Å²) in [6.45, 7) is 3.94. The van der Waals surface area contributed by atoms with Gasteiger partial charge in [-0.15, -0.1) is 11.8 Å². The summed E-state index contributed by atoms with van der Waals surface area (Å²) in [7, 11) is 1.76. The maximum atomic E-state index is 6.15. The normalized spacial score (nSPS) is 19.6. The zero-order chi connectivity index (χ0) is 13.5. The average Bonchev–Trinajstić information content (AvgIpc) is 2.46. The maximum absolute atomic E-state index is 6.15. The van der Waals surface area contributed by atoms with Crippen molar-refractivity contribution in [3.63, 3.8) is 0 Å². The lowest BCUT2D eigenvalue weighted by molar-refractivity contribution is 0.144. The Bertz CT molecular complexity index is 386. The van der Waals surface area contributed by atoms with Gasteiger partial charge in [0.15, 0.2) is 0 Å². The summed E-state index contributed by atoms with van der Waals surface area (Å²) >= 11 is 1.89. The second-order valence-electron chi connectivity index (χ2n) is 4.71. The van der Waals surface area contributed by atoms with E-state index in [9.17, 15) is 0 Å². The molecule has 1 heterocycles. The number of hydrogen-bond donors (Lipinski definition) is 1. The van der Waals surface area contributed by atoms with Crippen LogP contribution in [-0.4, -0.2) is 38.2 Å². The van der Waals surface area contributed by atoms with Crippen molar-refractivity contribution in [3.05, 3.63) is 24.3 Å². The Hall–Kier alpha value is -0.710. The molecule has 19 heavy (non-hydrogen) atoms. The van der Waals surface area contributed by atoms with Crippen molar-refractivity contribution in [3.8, 4) is 5.75 Å². The predicted molar refractivity (Wildman–Crippen MR) is 80.2 cm³/mol. The van der Waals surface area contributed by atoms with E-state index in [-0.39, 0.29) is 6.10 Å². The Morgan fingerprint density at radius 3 is 3.11 bits per heavy atom. The van der Waals surface area contributed by atoms with Gasteiger partial charge in [-0.1, -0.05) is 19.1 Å². The third-order valence-corrected chi connectivity index (χ3v) is 4.45. The van der Waals surface area contributed by atoms with Gasteiger partial charge in [0.05, 0.1) is 0 Å². The fraction of sp³-hybridized carbons (Fsp3) is 0.600. The number of thioether (sulfide) groups is 1. The van der Waals surface area contributed by atoms with Crippen molar-refractivity contribution in [2.24, 2.45) is 0 Å². The van der Waals surface area contributed by atoms with Crippen LogP contribution < -0.4 is 10.1 Å². The van der Waals surface area contributed by atoms with E-state index >= 15 is 0 Å². The summed E-state index contributed by atoms with van der Waals surface area (Å²) in [4.78, 5) is 1.26. The number of fused-ring (bicyclic) bond motifs is 1. The molecule has 0 saturated carbocycles. The van der Waals surface area contributed by atoms with E-state index in [0.29, 0.717) is 6.04 Å². The molecule has 2 rings (SSSR count). The third kappa shape index (κ3) is 4.13. The van der Waals surface area contributed by atoms with Crippen LogP contribution in [0.5, 0.6) is 5.75 Å². The molecule has 0 amide bonds. The molecule has 0 radical (unpaired) electrons. The largest absolute Gasteiger partial charge is 0.487 e. The first-order valence-corrected chi connectivity index (χ1v) is 7.94. The van der Waals surface area contributed by atoms with Gasteiger partial charge in [0.2, 0.25) is 0 Å². The fourth-order valence-electron chi connectivity index (χ4n) is 2.36. The van der Waals surface area contributed by atoms with Gasteiger partial charge < -0.3 is 14.8 Å². The number of benzene rings is 1. The molecule has 0 fully saturated rings. The number of hydrogen-bond acceptors (Lipinski definition) is 4. The van der Waals surface area contributed by atoms with Gasteiger partial charge >= 0.3 is 0 Å². The maximum Gasteiger partial charge on any atom is 0.133 e.